The van der Waals surface area contributed by atoms with Crippen molar-refractivity contribution in [3.8, 4) is 17.4 Å². The predicted molar refractivity (Wildman–Crippen MR) is 118 cm³/mol. The third kappa shape index (κ3) is 4.51. The van der Waals surface area contributed by atoms with Crippen molar-refractivity contribution in [1.29, 1.82) is 0 Å². The third-order valence-electron chi connectivity index (χ3n) is 5.51. The van der Waals surface area contributed by atoms with Gasteiger partial charge in [0.2, 0.25) is 11.8 Å². The number of ether oxygens (including phenoxy) is 3. The van der Waals surface area contributed by atoms with Crippen LogP contribution in [0.5, 0.6) is 17.4 Å². The number of hydrogen-bond acceptors (Lipinski definition) is 7. The van der Waals surface area contributed by atoms with Crippen LogP contribution in [0.2, 0.25) is 0 Å². The van der Waals surface area contributed by atoms with Crippen molar-refractivity contribution in [1.82, 2.24) is 14.9 Å². The van der Waals surface area contributed by atoms with Crippen molar-refractivity contribution in [2.24, 2.45) is 0 Å². The van der Waals surface area contributed by atoms with E-state index in [-0.39, 0.29) is 18.2 Å². The molecule has 168 valence electrons. The molecule has 0 saturated carbocycles. The molecule has 0 unspecified atom stereocenters. The minimum absolute atomic E-state index is 0.0373. The minimum atomic E-state index is -0.403. The zero-order chi connectivity index (χ0) is 22.7. The van der Waals surface area contributed by atoms with E-state index in [2.05, 4.69) is 14.9 Å². The Bertz CT molecular complexity index is 1110. The molecule has 0 aliphatic carbocycles. The number of nitrogens with zero attached hydrogens (tertiary/aromatic N) is 4. The molecule has 9 heteroatoms. The van der Waals surface area contributed by atoms with Crippen LogP contribution >= 0.6 is 0 Å². The van der Waals surface area contributed by atoms with Crippen LogP contribution in [0.15, 0.2) is 36.4 Å². The van der Waals surface area contributed by atoms with Crippen LogP contribution in [0.4, 0.5) is 10.1 Å². The molecule has 3 aromatic rings. The molecule has 0 N–H and O–H groups in total. The lowest BCUT2D eigenvalue weighted by molar-refractivity contribution is -0.130. The van der Waals surface area contributed by atoms with E-state index >= 15 is 0 Å². The Morgan fingerprint density at radius 2 is 1.59 bits per heavy atom. The van der Waals surface area contributed by atoms with E-state index in [0.717, 1.165) is 17.2 Å². The molecule has 2 heterocycles. The van der Waals surface area contributed by atoms with Gasteiger partial charge in [0.1, 0.15) is 23.0 Å². The number of methoxy groups -OCH3 is 3. The molecule has 1 aromatic heterocycles. The van der Waals surface area contributed by atoms with Crippen molar-refractivity contribution in [3.05, 3.63) is 47.9 Å². The van der Waals surface area contributed by atoms with Crippen molar-refractivity contribution < 1.29 is 23.4 Å². The average molecular weight is 440 g/mol. The second-order valence-electron chi connectivity index (χ2n) is 7.43. The quantitative estimate of drug-likeness (QED) is 0.583. The fourth-order valence-corrected chi connectivity index (χ4v) is 3.77. The van der Waals surface area contributed by atoms with Crippen molar-refractivity contribution in [3.63, 3.8) is 0 Å². The minimum Gasteiger partial charge on any atom is -0.497 e. The second-order valence-corrected chi connectivity index (χ2v) is 7.43. The number of hydrogen-bond donors (Lipinski definition) is 0. The Morgan fingerprint density at radius 3 is 2.22 bits per heavy atom. The fourth-order valence-electron chi connectivity index (χ4n) is 3.77. The summed E-state index contributed by atoms with van der Waals surface area (Å²) in [6.45, 7) is 2.48. The van der Waals surface area contributed by atoms with E-state index in [9.17, 15) is 9.18 Å². The van der Waals surface area contributed by atoms with Gasteiger partial charge in [0.05, 0.1) is 38.8 Å². The van der Waals surface area contributed by atoms with Crippen LogP contribution in [-0.2, 0) is 11.2 Å². The number of carbonyl (C=O) groups excluding carboxylic acids is 1. The maximum absolute atomic E-state index is 13.6. The summed E-state index contributed by atoms with van der Waals surface area (Å²) in [5.41, 5.74) is 2.29. The topological polar surface area (TPSA) is 77.0 Å². The van der Waals surface area contributed by atoms with E-state index in [4.69, 9.17) is 14.2 Å². The first-order chi connectivity index (χ1) is 15.5. The number of fused-ring (bicyclic) bond motifs is 1. The van der Waals surface area contributed by atoms with Crippen LogP contribution in [-0.4, -0.2) is 68.3 Å². The molecule has 8 nitrogen and oxygen atoms in total. The van der Waals surface area contributed by atoms with Gasteiger partial charge >= 0.3 is 0 Å². The fraction of sp³-hybridized carbons (Fsp3) is 0.348. The molecule has 0 radical (unpaired) electrons. The summed E-state index contributed by atoms with van der Waals surface area (Å²) in [7, 11) is 4.72. The molecule has 4 rings (SSSR count). The first-order valence-electron chi connectivity index (χ1n) is 10.3. The summed E-state index contributed by atoms with van der Waals surface area (Å²) >= 11 is 0. The Morgan fingerprint density at radius 1 is 0.906 bits per heavy atom. The summed E-state index contributed by atoms with van der Waals surface area (Å²) in [4.78, 5) is 25.7. The molecule has 0 bridgehead atoms. The van der Waals surface area contributed by atoms with Gasteiger partial charge in [-0.15, -0.1) is 0 Å². The van der Waals surface area contributed by atoms with E-state index in [1.54, 1.807) is 25.2 Å². The van der Waals surface area contributed by atoms with Gasteiger partial charge in [-0.2, -0.15) is 0 Å². The summed E-state index contributed by atoms with van der Waals surface area (Å²) < 4.78 is 29.6. The summed E-state index contributed by atoms with van der Waals surface area (Å²) in [6.07, 6.45) is 0.0373. The molecule has 1 aliphatic rings. The largest absolute Gasteiger partial charge is 0.497 e. The number of carbonyl (C=O) groups is 1. The van der Waals surface area contributed by atoms with Crippen LogP contribution in [0.25, 0.3) is 11.0 Å². The Hall–Kier alpha value is -3.62. The van der Waals surface area contributed by atoms with E-state index in [0.29, 0.717) is 42.9 Å². The number of piperazine rings is 1. The maximum Gasteiger partial charge on any atom is 0.236 e. The van der Waals surface area contributed by atoms with Crippen LogP contribution in [0.1, 0.15) is 5.69 Å². The standard InChI is InChI=1S/C23H25FN4O4/c1-30-17-11-16(12-18(13-17)31-2)27-6-8-28(9-7-27)22(29)14-21-23(32-3)26-19-5-4-15(24)10-20(19)25-21/h4-5,10-13H,6-9,14H2,1-3H3. The van der Waals surface area contributed by atoms with Crippen LogP contribution in [0, 0.1) is 5.82 Å². The molecule has 32 heavy (non-hydrogen) atoms. The van der Waals surface area contributed by atoms with Crippen LogP contribution < -0.4 is 19.1 Å². The van der Waals surface area contributed by atoms with E-state index in [1.165, 1.54) is 19.2 Å². The number of benzene rings is 2. The normalized spacial score (nSPS) is 13.9. The maximum atomic E-state index is 13.6. The monoisotopic (exact) mass is 440 g/mol. The Labute approximate surface area is 185 Å². The number of amides is 1. The summed E-state index contributed by atoms with van der Waals surface area (Å²) in [5, 5.41) is 0. The van der Waals surface area contributed by atoms with Crippen molar-refractivity contribution >= 4 is 22.6 Å². The highest BCUT2D eigenvalue weighted by Gasteiger charge is 2.24. The molecule has 0 atom stereocenters. The molecule has 2 aromatic carbocycles. The van der Waals surface area contributed by atoms with Crippen molar-refractivity contribution in [2.45, 2.75) is 6.42 Å². The predicted octanol–water partition coefficient (Wildman–Crippen LogP) is 2.69. The number of halogens is 1. The lowest BCUT2D eigenvalue weighted by atomic mass is 10.2. The highest BCUT2D eigenvalue weighted by molar-refractivity contribution is 5.81. The first kappa shape index (κ1) is 21.6. The molecular formula is C23H25FN4O4. The Balaban J connectivity index is 1.45. The molecule has 1 saturated heterocycles. The highest BCUT2D eigenvalue weighted by atomic mass is 19.1. The van der Waals surface area contributed by atoms with Gasteiger partial charge in [0.15, 0.2) is 0 Å². The third-order valence-corrected chi connectivity index (χ3v) is 5.51. The van der Waals surface area contributed by atoms with Gasteiger partial charge in [-0.3, -0.25) is 4.79 Å². The van der Waals surface area contributed by atoms with Gasteiger partial charge in [0.25, 0.3) is 0 Å². The molecule has 0 spiro atoms. The SMILES string of the molecule is COc1cc(OC)cc(N2CCN(C(=O)Cc3nc4cc(F)ccc4nc3OC)CC2)c1. The van der Waals surface area contributed by atoms with Gasteiger partial charge < -0.3 is 24.0 Å². The van der Waals surface area contributed by atoms with Gasteiger partial charge in [-0.1, -0.05) is 0 Å². The second kappa shape index (κ2) is 9.25. The zero-order valence-corrected chi connectivity index (χ0v) is 18.3. The van der Waals surface area contributed by atoms with Gasteiger partial charge in [0, 0.05) is 56.1 Å². The number of anilines is 1. The van der Waals surface area contributed by atoms with E-state index in [1.807, 2.05) is 18.2 Å². The number of rotatable bonds is 6. The highest BCUT2D eigenvalue weighted by Crippen LogP contribution is 2.29. The smallest absolute Gasteiger partial charge is 0.236 e. The van der Waals surface area contributed by atoms with Crippen molar-refractivity contribution in [2.75, 3.05) is 52.4 Å². The molecule has 1 aliphatic heterocycles. The first-order valence-corrected chi connectivity index (χ1v) is 10.3. The van der Waals surface area contributed by atoms with Gasteiger partial charge in [-0.05, 0) is 12.1 Å². The number of aromatic nitrogens is 2. The summed E-state index contributed by atoms with van der Waals surface area (Å²) in [6, 6.07) is 9.89. The molecular weight excluding hydrogens is 415 g/mol. The molecule has 1 fully saturated rings. The average Bonchev–Trinajstić information content (AvgIpc) is 2.83. The van der Waals surface area contributed by atoms with Crippen LogP contribution in [0.3, 0.4) is 0 Å². The summed E-state index contributed by atoms with van der Waals surface area (Å²) in [5.74, 6) is 1.24. The van der Waals surface area contributed by atoms with Gasteiger partial charge in [-0.25, -0.2) is 14.4 Å². The lowest BCUT2D eigenvalue weighted by Crippen LogP contribution is -2.49. The lowest BCUT2D eigenvalue weighted by Gasteiger charge is -2.36. The Kier molecular flexibility index (Phi) is 6.25. The van der Waals surface area contributed by atoms with E-state index < -0.39 is 5.82 Å². The zero-order valence-electron chi connectivity index (χ0n) is 18.3. The molecule has 1 amide bonds.